The first-order chi connectivity index (χ1) is 6.15. The molecule has 1 heterocycles. The van der Waals surface area contributed by atoms with Gasteiger partial charge in [0.15, 0.2) is 0 Å². The molecule has 0 aliphatic carbocycles. The highest BCUT2D eigenvalue weighted by molar-refractivity contribution is 5.83. The Balaban J connectivity index is 2.47. The Bertz CT molecular complexity index is 230. The fourth-order valence-corrected chi connectivity index (χ4v) is 1.40. The predicted molar refractivity (Wildman–Crippen MR) is 52.0 cm³/mol. The van der Waals surface area contributed by atoms with Crippen molar-refractivity contribution < 1.29 is 4.79 Å². The molecule has 2 atom stereocenters. The van der Waals surface area contributed by atoms with Gasteiger partial charge in [-0.05, 0) is 12.3 Å². The molecule has 0 radical (unpaired) electrons. The number of amides is 1. The first-order valence-corrected chi connectivity index (χ1v) is 4.65. The molecule has 3 heteroatoms. The van der Waals surface area contributed by atoms with Crippen LogP contribution in [-0.4, -0.2) is 24.5 Å². The van der Waals surface area contributed by atoms with Crippen LogP contribution in [0.3, 0.4) is 0 Å². The molecule has 1 aliphatic heterocycles. The largest absolute Gasteiger partial charge is 0.355 e. The van der Waals surface area contributed by atoms with Crippen LogP contribution in [0.25, 0.3) is 0 Å². The fraction of sp³-hybridized carbons (Fsp3) is 0.700. The minimum atomic E-state index is -0.0940. The van der Waals surface area contributed by atoms with Gasteiger partial charge in [0.2, 0.25) is 5.91 Å². The second-order valence-corrected chi connectivity index (χ2v) is 3.69. The van der Waals surface area contributed by atoms with Crippen molar-refractivity contribution in [3.8, 4) is 12.3 Å². The predicted octanol–water partition coefficient (Wildman–Crippen LogP) is 0.122. The second kappa shape index (κ2) is 4.29. The topological polar surface area (TPSA) is 41.1 Å². The van der Waals surface area contributed by atoms with E-state index in [4.69, 9.17) is 6.42 Å². The van der Waals surface area contributed by atoms with Crippen molar-refractivity contribution in [2.24, 2.45) is 5.92 Å². The van der Waals surface area contributed by atoms with Crippen LogP contribution in [0.2, 0.25) is 0 Å². The SMILES string of the molecule is C#CC(NC1CCNC1=O)C(C)C. The molecule has 1 fully saturated rings. The van der Waals surface area contributed by atoms with Gasteiger partial charge in [-0.2, -0.15) is 0 Å². The molecule has 0 spiro atoms. The monoisotopic (exact) mass is 180 g/mol. The summed E-state index contributed by atoms with van der Waals surface area (Å²) < 4.78 is 0. The Hall–Kier alpha value is -1.01. The normalized spacial score (nSPS) is 24.2. The van der Waals surface area contributed by atoms with E-state index in [0.29, 0.717) is 5.92 Å². The van der Waals surface area contributed by atoms with Crippen LogP contribution in [0.15, 0.2) is 0 Å². The molecular weight excluding hydrogens is 164 g/mol. The molecule has 0 aromatic heterocycles. The first-order valence-electron chi connectivity index (χ1n) is 4.65. The van der Waals surface area contributed by atoms with E-state index in [2.05, 4.69) is 16.6 Å². The number of carbonyl (C=O) groups is 1. The van der Waals surface area contributed by atoms with E-state index in [1.54, 1.807) is 0 Å². The number of hydrogen-bond acceptors (Lipinski definition) is 2. The molecule has 1 aliphatic rings. The molecule has 0 saturated carbocycles. The van der Waals surface area contributed by atoms with Crippen molar-refractivity contribution in [2.45, 2.75) is 32.4 Å². The molecule has 1 amide bonds. The van der Waals surface area contributed by atoms with Crippen LogP contribution < -0.4 is 10.6 Å². The van der Waals surface area contributed by atoms with Crippen molar-refractivity contribution in [3.63, 3.8) is 0 Å². The Morgan fingerprint density at radius 2 is 2.38 bits per heavy atom. The molecule has 2 N–H and O–H groups in total. The average molecular weight is 180 g/mol. The van der Waals surface area contributed by atoms with Crippen molar-refractivity contribution >= 4 is 5.91 Å². The molecular formula is C10H16N2O. The number of carbonyl (C=O) groups excluding carboxylic acids is 1. The van der Waals surface area contributed by atoms with E-state index in [1.807, 2.05) is 13.8 Å². The summed E-state index contributed by atoms with van der Waals surface area (Å²) in [7, 11) is 0. The molecule has 2 unspecified atom stereocenters. The standard InChI is InChI=1S/C10H16N2O/c1-4-8(7(2)3)12-9-5-6-11-10(9)13/h1,7-9,12H,5-6H2,2-3H3,(H,11,13). The summed E-state index contributed by atoms with van der Waals surface area (Å²) in [5, 5.41) is 5.93. The van der Waals surface area contributed by atoms with Gasteiger partial charge in [0.25, 0.3) is 0 Å². The summed E-state index contributed by atoms with van der Waals surface area (Å²) in [6, 6.07) is -0.0997. The van der Waals surface area contributed by atoms with Gasteiger partial charge in [-0.25, -0.2) is 0 Å². The summed E-state index contributed by atoms with van der Waals surface area (Å²) >= 11 is 0. The summed E-state index contributed by atoms with van der Waals surface area (Å²) in [5.74, 6) is 3.09. The third-order valence-corrected chi connectivity index (χ3v) is 2.28. The van der Waals surface area contributed by atoms with Gasteiger partial charge in [0.1, 0.15) is 0 Å². The summed E-state index contributed by atoms with van der Waals surface area (Å²) in [4.78, 5) is 11.2. The Morgan fingerprint density at radius 1 is 1.69 bits per heavy atom. The van der Waals surface area contributed by atoms with E-state index in [9.17, 15) is 4.79 Å². The van der Waals surface area contributed by atoms with E-state index in [0.717, 1.165) is 13.0 Å². The molecule has 1 saturated heterocycles. The fourth-order valence-electron chi connectivity index (χ4n) is 1.40. The third kappa shape index (κ3) is 2.46. The Labute approximate surface area is 79.3 Å². The molecule has 1 rings (SSSR count). The zero-order valence-electron chi connectivity index (χ0n) is 8.13. The zero-order valence-corrected chi connectivity index (χ0v) is 8.13. The van der Waals surface area contributed by atoms with Crippen molar-refractivity contribution in [2.75, 3.05) is 6.54 Å². The van der Waals surface area contributed by atoms with Crippen LogP contribution >= 0.6 is 0 Å². The second-order valence-electron chi connectivity index (χ2n) is 3.69. The highest BCUT2D eigenvalue weighted by Gasteiger charge is 2.26. The maximum Gasteiger partial charge on any atom is 0.237 e. The lowest BCUT2D eigenvalue weighted by Crippen LogP contribution is -2.44. The van der Waals surface area contributed by atoms with Crippen LogP contribution in [0.4, 0.5) is 0 Å². The number of hydrogen-bond donors (Lipinski definition) is 2. The smallest absolute Gasteiger partial charge is 0.237 e. The van der Waals surface area contributed by atoms with Gasteiger partial charge in [-0.3, -0.25) is 10.1 Å². The molecule has 72 valence electrons. The minimum Gasteiger partial charge on any atom is -0.355 e. The van der Waals surface area contributed by atoms with E-state index >= 15 is 0 Å². The minimum absolute atomic E-state index is 0.00569. The highest BCUT2D eigenvalue weighted by atomic mass is 16.2. The first kappa shape index (κ1) is 10.1. The Morgan fingerprint density at radius 3 is 2.77 bits per heavy atom. The molecule has 0 bridgehead atoms. The van der Waals surface area contributed by atoms with Crippen molar-refractivity contribution in [3.05, 3.63) is 0 Å². The van der Waals surface area contributed by atoms with Gasteiger partial charge in [0.05, 0.1) is 12.1 Å². The summed E-state index contributed by atoms with van der Waals surface area (Å²) in [5.41, 5.74) is 0. The molecule has 0 aromatic rings. The van der Waals surface area contributed by atoms with Crippen LogP contribution in [0.1, 0.15) is 20.3 Å². The van der Waals surface area contributed by atoms with Crippen LogP contribution in [0.5, 0.6) is 0 Å². The lowest BCUT2D eigenvalue weighted by atomic mass is 10.0. The third-order valence-electron chi connectivity index (χ3n) is 2.28. The lowest BCUT2D eigenvalue weighted by Gasteiger charge is -2.19. The van der Waals surface area contributed by atoms with E-state index in [-0.39, 0.29) is 18.0 Å². The molecule has 13 heavy (non-hydrogen) atoms. The van der Waals surface area contributed by atoms with Gasteiger partial charge >= 0.3 is 0 Å². The molecule has 3 nitrogen and oxygen atoms in total. The highest BCUT2D eigenvalue weighted by Crippen LogP contribution is 2.06. The zero-order chi connectivity index (χ0) is 9.84. The number of nitrogens with one attached hydrogen (secondary N) is 2. The number of rotatable bonds is 3. The van der Waals surface area contributed by atoms with E-state index in [1.165, 1.54) is 0 Å². The maximum atomic E-state index is 11.2. The van der Waals surface area contributed by atoms with Gasteiger partial charge < -0.3 is 5.32 Å². The molecule has 0 aromatic carbocycles. The van der Waals surface area contributed by atoms with Crippen LogP contribution in [0, 0.1) is 18.3 Å². The van der Waals surface area contributed by atoms with Crippen molar-refractivity contribution in [1.82, 2.24) is 10.6 Å². The van der Waals surface area contributed by atoms with E-state index < -0.39 is 0 Å². The van der Waals surface area contributed by atoms with Crippen LogP contribution in [-0.2, 0) is 4.79 Å². The van der Waals surface area contributed by atoms with Gasteiger partial charge in [-0.1, -0.05) is 19.8 Å². The number of terminal acetylenes is 1. The van der Waals surface area contributed by atoms with Gasteiger partial charge in [-0.15, -0.1) is 6.42 Å². The Kier molecular flexibility index (Phi) is 3.32. The average Bonchev–Trinajstić information content (AvgIpc) is 2.46. The quantitative estimate of drug-likeness (QED) is 0.606. The van der Waals surface area contributed by atoms with Gasteiger partial charge in [0, 0.05) is 6.54 Å². The summed E-state index contributed by atoms with van der Waals surface area (Å²) in [6.07, 6.45) is 6.19. The lowest BCUT2D eigenvalue weighted by molar-refractivity contribution is -0.121. The summed E-state index contributed by atoms with van der Waals surface area (Å²) in [6.45, 7) is 4.85. The maximum absolute atomic E-state index is 11.2. The van der Waals surface area contributed by atoms with Crippen molar-refractivity contribution in [1.29, 1.82) is 0 Å².